The Morgan fingerprint density at radius 3 is 2.42 bits per heavy atom. The highest BCUT2D eigenvalue weighted by molar-refractivity contribution is 5.83. The number of aliphatic hydroxyl groups is 1. The van der Waals surface area contributed by atoms with Crippen molar-refractivity contribution in [1.82, 2.24) is 15.1 Å². The first-order valence-corrected chi connectivity index (χ1v) is 14.2. The predicted molar refractivity (Wildman–Crippen MR) is 140 cm³/mol. The van der Waals surface area contributed by atoms with Crippen molar-refractivity contribution in [3.63, 3.8) is 0 Å². The van der Waals surface area contributed by atoms with Gasteiger partial charge in [0.15, 0.2) is 0 Å². The number of nitrogens with zero attached hydrogens (tertiary/aromatic N) is 3. The number of likely N-dealkylation sites (tertiary alicyclic amines) is 1. The van der Waals surface area contributed by atoms with Crippen LogP contribution in [0.2, 0.25) is 0 Å². The van der Waals surface area contributed by atoms with Gasteiger partial charge in [-0.1, -0.05) is 12.1 Å². The zero-order valence-corrected chi connectivity index (χ0v) is 21.9. The smallest absolute Gasteiger partial charge is 0.320 e. The fraction of sp³-hybridized carbons (Fsp3) is 0.724. The lowest BCUT2D eigenvalue weighted by atomic mass is 9.48. The van der Waals surface area contributed by atoms with Gasteiger partial charge in [-0.3, -0.25) is 4.79 Å². The van der Waals surface area contributed by atoms with E-state index in [0.29, 0.717) is 24.3 Å². The molecule has 2 heterocycles. The molecule has 2 N–H and O–H groups in total. The van der Waals surface area contributed by atoms with Crippen LogP contribution in [-0.2, 0) is 4.79 Å². The van der Waals surface area contributed by atoms with Crippen LogP contribution in [0.4, 0.5) is 10.5 Å². The maximum absolute atomic E-state index is 13.6. The second-order valence-electron chi connectivity index (χ2n) is 12.5. The number of aryl methyl sites for hydroxylation is 2. The lowest BCUT2D eigenvalue weighted by Gasteiger charge is -2.58. The van der Waals surface area contributed by atoms with Crippen molar-refractivity contribution in [2.75, 3.05) is 44.2 Å². The van der Waals surface area contributed by atoms with E-state index in [1.807, 2.05) is 9.80 Å². The molecule has 7 rings (SSSR count). The molecular weight excluding hydrogens is 452 g/mol. The molecule has 1 aromatic rings. The van der Waals surface area contributed by atoms with E-state index in [2.05, 4.69) is 42.3 Å². The normalized spacial score (nSPS) is 35.8. The van der Waals surface area contributed by atoms with Gasteiger partial charge in [0.05, 0.1) is 11.5 Å². The lowest BCUT2D eigenvalue weighted by Crippen LogP contribution is -2.61. The van der Waals surface area contributed by atoms with Crippen molar-refractivity contribution in [3.8, 4) is 0 Å². The third-order valence-electron chi connectivity index (χ3n) is 9.99. The van der Waals surface area contributed by atoms with Crippen LogP contribution >= 0.6 is 0 Å². The first kappa shape index (κ1) is 24.1. The van der Waals surface area contributed by atoms with Crippen molar-refractivity contribution in [1.29, 1.82) is 0 Å². The summed E-state index contributed by atoms with van der Waals surface area (Å²) in [5.41, 5.74) is 3.54. The van der Waals surface area contributed by atoms with Crippen LogP contribution in [0.25, 0.3) is 0 Å². The average molecular weight is 495 g/mol. The summed E-state index contributed by atoms with van der Waals surface area (Å²) in [5, 5.41) is 14.0. The summed E-state index contributed by atoms with van der Waals surface area (Å²) in [7, 11) is 0. The van der Waals surface area contributed by atoms with Gasteiger partial charge < -0.3 is 25.1 Å². The number of carbonyl (C=O) groups is 2. The molecule has 4 saturated carbocycles. The minimum Gasteiger partial charge on any atom is -0.393 e. The molecule has 6 fully saturated rings. The zero-order valence-electron chi connectivity index (χ0n) is 21.9. The Labute approximate surface area is 215 Å². The maximum atomic E-state index is 13.6. The second-order valence-corrected chi connectivity index (χ2v) is 12.5. The molecule has 4 bridgehead atoms. The van der Waals surface area contributed by atoms with Crippen molar-refractivity contribution in [3.05, 3.63) is 29.3 Å². The van der Waals surface area contributed by atoms with Crippen LogP contribution in [0.3, 0.4) is 0 Å². The van der Waals surface area contributed by atoms with Gasteiger partial charge in [0.1, 0.15) is 0 Å². The standard InChI is InChI=1S/C29H42N4O3/c1-19-5-6-20(2)25(12-19)31-8-10-32(11-9-31)28(36)33-7-3-4-24(18-33)30-27(35)29-15-21-13-22(16-29)26(34)23(14-21)17-29/h5-6,12,21-24,26,34H,3-4,7-11,13-18H2,1-2H3,(H,30,35)/t21?,22-,23+,24-,26?,29?/m0/s1. The number of carbonyl (C=O) groups excluding carboxylic acids is 2. The quantitative estimate of drug-likeness (QED) is 0.676. The molecule has 0 spiro atoms. The van der Waals surface area contributed by atoms with E-state index in [-0.39, 0.29) is 29.5 Å². The molecule has 2 saturated heterocycles. The number of amides is 3. The summed E-state index contributed by atoms with van der Waals surface area (Å²) < 4.78 is 0. The van der Waals surface area contributed by atoms with E-state index in [1.165, 1.54) is 16.8 Å². The molecule has 0 radical (unpaired) electrons. The third kappa shape index (κ3) is 4.27. The average Bonchev–Trinajstić information content (AvgIpc) is 2.88. The van der Waals surface area contributed by atoms with E-state index in [1.54, 1.807) is 0 Å². The SMILES string of the molecule is Cc1ccc(C)c(N2CCN(C(=O)N3CCC[C@H](NC(=O)C45CC6C[C@H](C4)C(O)[C@@H](C6)C5)C3)CC2)c1. The molecule has 0 aromatic heterocycles. The zero-order chi connectivity index (χ0) is 25.0. The highest BCUT2D eigenvalue weighted by atomic mass is 16.3. The minimum absolute atomic E-state index is 0.0318. The van der Waals surface area contributed by atoms with Crippen molar-refractivity contribution >= 4 is 17.6 Å². The first-order valence-electron chi connectivity index (χ1n) is 14.2. The van der Waals surface area contributed by atoms with Gasteiger partial charge in [0.2, 0.25) is 5.91 Å². The fourth-order valence-electron chi connectivity index (χ4n) is 8.28. The van der Waals surface area contributed by atoms with Gasteiger partial charge in [-0.05, 0) is 93.7 Å². The molecule has 2 aliphatic heterocycles. The van der Waals surface area contributed by atoms with Gasteiger partial charge in [-0.2, -0.15) is 0 Å². The Morgan fingerprint density at radius 1 is 0.972 bits per heavy atom. The van der Waals surface area contributed by atoms with Crippen LogP contribution in [0.15, 0.2) is 18.2 Å². The van der Waals surface area contributed by atoms with E-state index < -0.39 is 0 Å². The number of benzene rings is 1. The van der Waals surface area contributed by atoms with Crippen LogP contribution in [0, 0.1) is 37.0 Å². The molecule has 7 nitrogen and oxygen atoms in total. The Balaban J connectivity index is 1.04. The van der Waals surface area contributed by atoms with E-state index in [0.717, 1.165) is 77.7 Å². The molecule has 196 valence electrons. The summed E-state index contributed by atoms with van der Waals surface area (Å²) in [6, 6.07) is 6.72. The Kier molecular flexibility index (Phi) is 6.17. The Hall–Kier alpha value is -2.28. The summed E-state index contributed by atoms with van der Waals surface area (Å²) in [5.74, 6) is 1.39. The van der Waals surface area contributed by atoms with Gasteiger partial charge in [0.25, 0.3) is 0 Å². The fourth-order valence-corrected chi connectivity index (χ4v) is 8.28. The number of urea groups is 1. The van der Waals surface area contributed by atoms with Gasteiger partial charge in [0, 0.05) is 51.0 Å². The van der Waals surface area contributed by atoms with Gasteiger partial charge in [-0.15, -0.1) is 0 Å². The second kappa shape index (κ2) is 9.23. The number of aliphatic hydroxyl groups excluding tert-OH is 1. The predicted octanol–water partition coefficient (Wildman–Crippen LogP) is 3.31. The number of nitrogens with one attached hydrogen (secondary N) is 1. The maximum Gasteiger partial charge on any atom is 0.320 e. The largest absolute Gasteiger partial charge is 0.393 e. The highest BCUT2D eigenvalue weighted by Crippen LogP contribution is 2.60. The van der Waals surface area contributed by atoms with E-state index >= 15 is 0 Å². The van der Waals surface area contributed by atoms with E-state index in [4.69, 9.17) is 0 Å². The summed E-state index contributed by atoms with van der Waals surface area (Å²) in [6.07, 6.45) is 6.51. The molecule has 6 atom stereocenters. The van der Waals surface area contributed by atoms with Crippen molar-refractivity contribution in [2.45, 2.75) is 70.9 Å². The Morgan fingerprint density at radius 2 is 1.69 bits per heavy atom. The van der Waals surface area contributed by atoms with Crippen LogP contribution in [0.1, 0.15) is 56.1 Å². The lowest BCUT2D eigenvalue weighted by molar-refractivity contribution is -0.163. The van der Waals surface area contributed by atoms with E-state index in [9.17, 15) is 14.7 Å². The summed E-state index contributed by atoms with van der Waals surface area (Å²) in [4.78, 5) is 33.3. The monoisotopic (exact) mass is 494 g/mol. The number of hydrogen-bond acceptors (Lipinski definition) is 4. The Bertz CT molecular complexity index is 1000. The summed E-state index contributed by atoms with van der Waals surface area (Å²) >= 11 is 0. The number of hydrogen-bond donors (Lipinski definition) is 2. The molecule has 3 amide bonds. The molecular formula is C29H42N4O3. The number of rotatable bonds is 3. The van der Waals surface area contributed by atoms with Crippen LogP contribution < -0.4 is 10.2 Å². The molecule has 3 unspecified atom stereocenters. The molecule has 6 aliphatic rings. The van der Waals surface area contributed by atoms with Crippen LogP contribution in [0.5, 0.6) is 0 Å². The van der Waals surface area contributed by atoms with Crippen molar-refractivity contribution < 1.29 is 14.7 Å². The minimum atomic E-state index is -0.285. The van der Waals surface area contributed by atoms with Crippen LogP contribution in [-0.4, -0.2) is 78.3 Å². The first-order chi connectivity index (χ1) is 17.3. The molecule has 1 aromatic carbocycles. The number of piperazine rings is 1. The molecule has 7 heteroatoms. The number of piperidine rings is 1. The van der Waals surface area contributed by atoms with Gasteiger partial charge >= 0.3 is 6.03 Å². The third-order valence-corrected chi connectivity index (χ3v) is 9.99. The van der Waals surface area contributed by atoms with Crippen molar-refractivity contribution in [2.24, 2.45) is 23.2 Å². The summed E-state index contributed by atoms with van der Waals surface area (Å²) in [6.45, 7) is 8.82. The highest BCUT2D eigenvalue weighted by Gasteiger charge is 2.58. The topological polar surface area (TPSA) is 76.1 Å². The molecule has 4 aliphatic carbocycles. The molecule has 36 heavy (non-hydrogen) atoms. The number of anilines is 1. The van der Waals surface area contributed by atoms with Gasteiger partial charge in [-0.25, -0.2) is 4.79 Å².